The molecule has 16 heavy (non-hydrogen) atoms. The van der Waals surface area contributed by atoms with E-state index in [9.17, 15) is 0 Å². The molecule has 88 valence electrons. The van der Waals surface area contributed by atoms with Crippen LogP contribution in [0.2, 0.25) is 0 Å². The Labute approximate surface area is 105 Å². The molecule has 1 aliphatic carbocycles. The van der Waals surface area contributed by atoms with E-state index in [0.29, 0.717) is 6.04 Å². The molecule has 1 heterocycles. The van der Waals surface area contributed by atoms with Gasteiger partial charge in [0.25, 0.3) is 0 Å². The maximum Gasteiger partial charge on any atom is 0.133 e. The van der Waals surface area contributed by atoms with Crippen molar-refractivity contribution in [3.8, 4) is 0 Å². The Hall–Kier alpha value is -0.640. The Morgan fingerprint density at radius 3 is 2.75 bits per heavy atom. The van der Waals surface area contributed by atoms with Gasteiger partial charge in [-0.1, -0.05) is 6.92 Å². The standard InChI is InChI=1S/C12H18BrN3/c1-3-5-11-14-10(13)8-12(15-11)16(2)9-6-4-7-9/h8-9H,3-7H2,1-2H3. The number of nitrogens with zero attached hydrogens (tertiary/aromatic N) is 3. The highest BCUT2D eigenvalue weighted by Gasteiger charge is 2.23. The molecular formula is C12H18BrN3. The van der Waals surface area contributed by atoms with Gasteiger partial charge in [-0.15, -0.1) is 0 Å². The summed E-state index contributed by atoms with van der Waals surface area (Å²) in [5.74, 6) is 1.99. The minimum absolute atomic E-state index is 0.677. The molecule has 0 aliphatic heterocycles. The Balaban J connectivity index is 2.18. The molecule has 1 saturated carbocycles. The van der Waals surface area contributed by atoms with Crippen LogP contribution >= 0.6 is 15.9 Å². The van der Waals surface area contributed by atoms with E-state index in [1.54, 1.807) is 0 Å². The first-order chi connectivity index (χ1) is 7.70. The van der Waals surface area contributed by atoms with Crippen molar-refractivity contribution in [2.24, 2.45) is 0 Å². The highest BCUT2D eigenvalue weighted by molar-refractivity contribution is 9.10. The smallest absolute Gasteiger partial charge is 0.133 e. The second-order valence-corrected chi connectivity index (χ2v) is 5.22. The number of aromatic nitrogens is 2. The van der Waals surface area contributed by atoms with Crippen molar-refractivity contribution in [1.29, 1.82) is 0 Å². The molecule has 0 unspecified atom stereocenters. The summed E-state index contributed by atoms with van der Waals surface area (Å²) in [4.78, 5) is 11.3. The van der Waals surface area contributed by atoms with Gasteiger partial charge in [0, 0.05) is 25.6 Å². The van der Waals surface area contributed by atoms with Crippen molar-refractivity contribution in [1.82, 2.24) is 9.97 Å². The molecule has 0 amide bonds. The Kier molecular flexibility index (Phi) is 3.79. The van der Waals surface area contributed by atoms with Crippen LogP contribution in [0, 0.1) is 0 Å². The lowest BCUT2D eigenvalue weighted by atomic mass is 9.92. The van der Waals surface area contributed by atoms with Gasteiger partial charge < -0.3 is 4.90 Å². The first-order valence-corrected chi connectivity index (χ1v) is 6.76. The zero-order valence-corrected chi connectivity index (χ0v) is 11.5. The monoisotopic (exact) mass is 283 g/mol. The van der Waals surface area contributed by atoms with Crippen LogP contribution in [0.1, 0.15) is 38.4 Å². The molecule has 1 aromatic rings. The molecule has 1 fully saturated rings. The van der Waals surface area contributed by atoms with Crippen molar-refractivity contribution in [2.45, 2.75) is 45.1 Å². The molecule has 0 spiro atoms. The van der Waals surface area contributed by atoms with Gasteiger partial charge in [0.15, 0.2) is 0 Å². The van der Waals surface area contributed by atoms with E-state index < -0.39 is 0 Å². The topological polar surface area (TPSA) is 29.0 Å². The lowest BCUT2D eigenvalue weighted by Crippen LogP contribution is -2.37. The maximum absolute atomic E-state index is 4.61. The Morgan fingerprint density at radius 2 is 2.19 bits per heavy atom. The fourth-order valence-corrected chi connectivity index (χ4v) is 2.34. The third-order valence-corrected chi connectivity index (χ3v) is 3.59. The first-order valence-electron chi connectivity index (χ1n) is 5.97. The van der Waals surface area contributed by atoms with E-state index in [-0.39, 0.29) is 0 Å². The molecule has 4 heteroatoms. The van der Waals surface area contributed by atoms with E-state index in [4.69, 9.17) is 0 Å². The Bertz CT molecular complexity index is 363. The fraction of sp³-hybridized carbons (Fsp3) is 0.667. The van der Waals surface area contributed by atoms with Crippen LogP contribution < -0.4 is 4.90 Å². The van der Waals surface area contributed by atoms with Crippen LogP contribution in [0.5, 0.6) is 0 Å². The largest absolute Gasteiger partial charge is 0.357 e. The molecule has 1 aliphatic rings. The van der Waals surface area contributed by atoms with Gasteiger partial charge in [-0.25, -0.2) is 9.97 Å². The lowest BCUT2D eigenvalue weighted by Gasteiger charge is -2.35. The first kappa shape index (κ1) is 11.8. The van der Waals surface area contributed by atoms with Gasteiger partial charge in [0.2, 0.25) is 0 Å². The summed E-state index contributed by atoms with van der Waals surface area (Å²) >= 11 is 3.46. The number of anilines is 1. The van der Waals surface area contributed by atoms with Crippen LogP contribution in [0.15, 0.2) is 10.7 Å². The van der Waals surface area contributed by atoms with Crippen molar-refractivity contribution < 1.29 is 0 Å². The summed E-state index contributed by atoms with van der Waals surface area (Å²) in [6.45, 7) is 2.15. The molecule has 0 N–H and O–H groups in total. The van der Waals surface area contributed by atoms with Gasteiger partial charge in [0.05, 0.1) is 0 Å². The van der Waals surface area contributed by atoms with Gasteiger partial charge in [-0.3, -0.25) is 0 Å². The van der Waals surface area contributed by atoms with Crippen LogP contribution in [0.25, 0.3) is 0 Å². The zero-order valence-electron chi connectivity index (χ0n) is 9.91. The van der Waals surface area contributed by atoms with Crippen molar-refractivity contribution in [3.05, 3.63) is 16.5 Å². The second-order valence-electron chi connectivity index (χ2n) is 4.41. The van der Waals surface area contributed by atoms with E-state index in [1.807, 2.05) is 6.07 Å². The number of hydrogen-bond donors (Lipinski definition) is 0. The quantitative estimate of drug-likeness (QED) is 0.795. The summed E-state index contributed by atoms with van der Waals surface area (Å²) in [6, 6.07) is 2.69. The average molecular weight is 284 g/mol. The van der Waals surface area contributed by atoms with Crippen molar-refractivity contribution in [3.63, 3.8) is 0 Å². The summed E-state index contributed by atoms with van der Waals surface area (Å²) in [5.41, 5.74) is 0. The van der Waals surface area contributed by atoms with Gasteiger partial charge in [-0.2, -0.15) is 0 Å². The van der Waals surface area contributed by atoms with Crippen LogP contribution in [0.4, 0.5) is 5.82 Å². The van der Waals surface area contributed by atoms with E-state index >= 15 is 0 Å². The van der Waals surface area contributed by atoms with Crippen LogP contribution in [-0.4, -0.2) is 23.1 Å². The van der Waals surface area contributed by atoms with Gasteiger partial charge >= 0.3 is 0 Å². The van der Waals surface area contributed by atoms with E-state index in [1.165, 1.54) is 19.3 Å². The third-order valence-electron chi connectivity index (χ3n) is 3.19. The minimum atomic E-state index is 0.677. The fourth-order valence-electron chi connectivity index (χ4n) is 1.93. The third kappa shape index (κ3) is 2.54. The molecule has 0 saturated heterocycles. The molecular weight excluding hydrogens is 266 g/mol. The van der Waals surface area contributed by atoms with Gasteiger partial charge in [0.1, 0.15) is 16.2 Å². The summed E-state index contributed by atoms with van der Waals surface area (Å²) < 4.78 is 0.895. The normalized spacial score (nSPS) is 15.9. The van der Waals surface area contributed by atoms with Crippen LogP contribution in [-0.2, 0) is 6.42 Å². The molecule has 1 aromatic heterocycles. The average Bonchev–Trinajstić information content (AvgIpc) is 2.14. The predicted octanol–water partition coefficient (Wildman–Crippen LogP) is 3.18. The Morgan fingerprint density at radius 1 is 1.44 bits per heavy atom. The van der Waals surface area contributed by atoms with Crippen molar-refractivity contribution >= 4 is 21.7 Å². The van der Waals surface area contributed by atoms with Crippen LogP contribution in [0.3, 0.4) is 0 Å². The second kappa shape index (κ2) is 5.13. The summed E-state index contributed by atoms with van der Waals surface area (Å²) in [6.07, 6.45) is 5.97. The minimum Gasteiger partial charge on any atom is -0.357 e. The number of aryl methyl sites for hydroxylation is 1. The van der Waals surface area contributed by atoms with E-state index in [0.717, 1.165) is 29.1 Å². The molecule has 0 atom stereocenters. The zero-order chi connectivity index (χ0) is 11.5. The molecule has 0 aromatic carbocycles. The highest BCUT2D eigenvalue weighted by atomic mass is 79.9. The van der Waals surface area contributed by atoms with Gasteiger partial charge in [-0.05, 0) is 41.6 Å². The number of hydrogen-bond acceptors (Lipinski definition) is 3. The molecule has 2 rings (SSSR count). The summed E-state index contributed by atoms with van der Waals surface area (Å²) in [5, 5.41) is 0. The van der Waals surface area contributed by atoms with E-state index in [2.05, 4.69) is 44.8 Å². The number of rotatable bonds is 4. The lowest BCUT2D eigenvalue weighted by molar-refractivity contribution is 0.399. The maximum atomic E-state index is 4.61. The predicted molar refractivity (Wildman–Crippen MR) is 69.8 cm³/mol. The SMILES string of the molecule is CCCc1nc(Br)cc(N(C)C2CCC2)n1. The molecule has 0 radical (unpaired) electrons. The summed E-state index contributed by atoms with van der Waals surface area (Å²) in [7, 11) is 2.13. The van der Waals surface area contributed by atoms with Crippen molar-refractivity contribution in [2.75, 3.05) is 11.9 Å². The molecule has 3 nitrogen and oxygen atoms in total. The molecule has 0 bridgehead atoms. The highest BCUT2D eigenvalue weighted by Crippen LogP contribution is 2.28. The number of halogens is 1.